The predicted molar refractivity (Wildman–Crippen MR) is 128 cm³/mol. The van der Waals surface area contributed by atoms with Crippen LogP contribution in [0, 0.1) is 11.2 Å². The Morgan fingerprint density at radius 1 is 1.21 bits per heavy atom. The second-order valence-corrected chi connectivity index (χ2v) is 7.25. The van der Waals surface area contributed by atoms with Crippen LogP contribution in [0.25, 0.3) is 17.2 Å². The van der Waals surface area contributed by atoms with Crippen LogP contribution in [0.2, 0.25) is 0 Å². The van der Waals surface area contributed by atoms with Crippen LogP contribution >= 0.6 is 0 Å². The van der Waals surface area contributed by atoms with Gasteiger partial charge in [0.25, 0.3) is 0 Å². The first kappa shape index (κ1) is 23.6. The number of methoxy groups -OCH3 is 1. The third kappa shape index (κ3) is 5.42. The lowest BCUT2D eigenvalue weighted by atomic mass is 10.00. The molecule has 0 saturated heterocycles. The van der Waals surface area contributed by atoms with Crippen molar-refractivity contribution < 1.29 is 19.0 Å². The molecule has 0 spiro atoms. The Balaban J connectivity index is 1.85. The van der Waals surface area contributed by atoms with Crippen molar-refractivity contribution in [3.63, 3.8) is 0 Å². The highest BCUT2D eigenvalue weighted by Crippen LogP contribution is 2.30. The van der Waals surface area contributed by atoms with E-state index in [4.69, 9.17) is 5.41 Å². The maximum absolute atomic E-state index is 15.0. The molecule has 1 atom stereocenters. The topological polar surface area (TPSA) is 98.5 Å². The molecule has 3 aromatic rings. The minimum atomic E-state index is -1.26. The number of benzene rings is 2. The van der Waals surface area contributed by atoms with E-state index in [-0.39, 0.29) is 5.56 Å². The van der Waals surface area contributed by atoms with E-state index in [0.717, 1.165) is 11.3 Å². The van der Waals surface area contributed by atoms with Crippen molar-refractivity contribution in [2.45, 2.75) is 6.23 Å². The van der Waals surface area contributed by atoms with Gasteiger partial charge in [-0.1, -0.05) is 18.2 Å². The Bertz CT molecular complexity index is 1200. The smallest absolute Gasteiger partial charge is 0.330 e. The van der Waals surface area contributed by atoms with E-state index in [1.165, 1.54) is 42.6 Å². The van der Waals surface area contributed by atoms with Gasteiger partial charge in [-0.3, -0.25) is 4.98 Å². The monoisotopic (exact) mass is 448 g/mol. The normalized spacial score (nSPS) is 11.8. The van der Waals surface area contributed by atoms with Gasteiger partial charge in [0.05, 0.1) is 19.0 Å². The number of nitrogens with zero attached hydrogens (tertiary/aromatic N) is 2. The van der Waals surface area contributed by atoms with Crippen molar-refractivity contribution in [2.75, 3.05) is 31.4 Å². The number of esters is 1. The van der Waals surface area contributed by atoms with Gasteiger partial charge in [0, 0.05) is 49.4 Å². The zero-order valence-electron chi connectivity index (χ0n) is 18.5. The van der Waals surface area contributed by atoms with Gasteiger partial charge in [-0.15, -0.1) is 0 Å². The molecule has 3 N–H and O–H groups in total. The number of rotatable bonds is 8. The lowest BCUT2D eigenvalue weighted by Gasteiger charge is -2.26. The summed E-state index contributed by atoms with van der Waals surface area (Å²) < 4.78 is 19.6. The molecule has 1 unspecified atom stereocenters. The average Bonchev–Trinajstić information content (AvgIpc) is 2.85. The highest BCUT2D eigenvalue weighted by molar-refractivity contribution is 5.88. The molecule has 0 bridgehead atoms. The number of nitrogens with one attached hydrogen (secondary N) is 2. The number of hydrogen-bond donors (Lipinski definition) is 3. The van der Waals surface area contributed by atoms with E-state index < -0.39 is 18.0 Å². The Kier molecular flexibility index (Phi) is 7.53. The molecular weight excluding hydrogens is 423 g/mol. The molecule has 33 heavy (non-hydrogen) atoms. The standard InChI is InChI=1S/C25H25FN4O3/c1-28-23-8-6-17(11-19(23)13-27)18-5-7-21(22(26)12-18)25(32)30(2)20-10-16(14-29-15-20)4-9-24(31)33-3/h4-15,25,27-28,32H,1-3H3/b9-4+,27-13?. The molecule has 170 valence electrons. The molecule has 2 aromatic carbocycles. The van der Waals surface area contributed by atoms with Gasteiger partial charge in [0.2, 0.25) is 0 Å². The molecule has 0 saturated carbocycles. The number of hydrogen-bond acceptors (Lipinski definition) is 7. The zero-order chi connectivity index (χ0) is 24.0. The van der Waals surface area contributed by atoms with Crippen molar-refractivity contribution in [2.24, 2.45) is 0 Å². The Labute approximate surface area is 191 Å². The van der Waals surface area contributed by atoms with E-state index in [9.17, 15) is 14.3 Å². The maximum atomic E-state index is 15.0. The van der Waals surface area contributed by atoms with E-state index in [2.05, 4.69) is 15.0 Å². The quantitative estimate of drug-likeness (QED) is 0.206. The third-order valence-corrected chi connectivity index (χ3v) is 5.22. The Morgan fingerprint density at radius 3 is 2.61 bits per heavy atom. The SMILES string of the molecule is CNc1ccc(-c2ccc(C(O)N(C)c3cncc(/C=C/C(=O)OC)c3)c(F)c2)cc1C=N. The minimum Gasteiger partial charge on any atom is -0.466 e. The van der Waals surface area contributed by atoms with Crippen LogP contribution < -0.4 is 10.2 Å². The number of anilines is 2. The summed E-state index contributed by atoms with van der Waals surface area (Å²) >= 11 is 0. The van der Waals surface area contributed by atoms with Crippen LogP contribution in [0.5, 0.6) is 0 Å². The maximum Gasteiger partial charge on any atom is 0.330 e. The first-order valence-corrected chi connectivity index (χ1v) is 10.1. The van der Waals surface area contributed by atoms with E-state index >= 15 is 0 Å². The zero-order valence-corrected chi connectivity index (χ0v) is 18.5. The summed E-state index contributed by atoms with van der Waals surface area (Å²) in [4.78, 5) is 16.9. The number of pyridine rings is 1. The number of aromatic nitrogens is 1. The van der Waals surface area contributed by atoms with Crippen LogP contribution in [-0.4, -0.2) is 43.5 Å². The molecule has 0 aliphatic rings. The molecule has 0 radical (unpaired) electrons. The number of carbonyl (C=O) groups is 1. The van der Waals surface area contributed by atoms with Gasteiger partial charge in [-0.05, 0) is 47.0 Å². The summed E-state index contributed by atoms with van der Waals surface area (Å²) in [6.07, 6.45) is 5.88. The highest BCUT2D eigenvalue weighted by Gasteiger charge is 2.19. The van der Waals surface area contributed by atoms with Crippen molar-refractivity contribution in [1.82, 2.24) is 4.98 Å². The van der Waals surface area contributed by atoms with Crippen LogP contribution in [0.1, 0.15) is 22.9 Å². The lowest BCUT2D eigenvalue weighted by molar-refractivity contribution is -0.134. The van der Waals surface area contributed by atoms with Crippen molar-refractivity contribution >= 4 is 29.6 Å². The second kappa shape index (κ2) is 10.5. The number of aliphatic hydroxyl groups excluding tert-OH is 1. The predicted octanol–water partition coefficient (Wildman–Crippen LogP) is 4.24. The van der Waals surface area contributed by atoms with Crippen molar-refractivity contribution in [3.05, 3.63) is 83.4 Å². The third-order valence-electron chi connectivity index (χ3n) is 5.22. The molecular formula is C25H25FN4O3. The molecule has 0 amide bonds. The summed E-state index contributed by atoms with van der Waals surface area (Å²) in [6, 6.07) is 11.8. The Morgan fingerprint density at radius 2 is 1.94 bits per heavy atom. The van der Waals surface area contributed by atoms with Crippen LogP contribution in [-0.2, 0) is 9.53 Å². The second-order valence-electron chi connectivity index (χ2n) is 7.25. The van der Waals surface area contributed by atoms with E-state index in [1.807, 2.05) is 12.1 Å². The molecule has 0 aliphatic carbocycles. The molecule has 3 rings (SSSR count). The van der Waals surface area contributed by atoms with Crippen molar-refractivity contribution in [1.29, 1.82) is 5.41 Å². The van der Waals surface area contributed by atoms with Crippen LogP contribution in [0.3, 0.4) is 0 Å². The molecule has 7 nitrogen and oxygen atoms in total. The molecule has 1 heterocycles. The molecule has 0 aliphatic heterocycles. The average molecular weight is 448 g/mol. The van der Waals surface area contributed by atoms with Crippen LogP contribution in [0.4, 0.5) is 15.8 Å². The minimum absolute atomic E-state index is 0.107. The van der Waals surface area contributed by atoms with Gasteiger partial charge >= 0.3 is 5.97 Å². The number of aliphatic hydroxyl groups is 1. The summed E-state index contributed by atoms with van der Waals surface area (Å²) in [5.41, 5.74) is 4.16. The fraction of sp³-hybridized carbons (Fsp3) is 0.160. The van der Waals surface area contributed by atoms with E-state index in [0.29, 0.717) is 22.4 Å². The molecule has 1 aromatic heterocycles. The van der Waals surface area contributed by atoms with Gasteiger partial charge < -0.3 is 25.5 Å². The number of carbonyl (C=O) groups excluding carboxylic acids is 1. The number of halogens is 1. The summed E-state index contributed by atoms with van der Waals surface area (Å²) in [7, 11) is 4.68. The first-order valence-electron chi connectivity index (χ1n) is 10.1. The van der Waals surface area contributed by atoms with Gasteiger partial charge in [0.15, 0.2) is 6.23 Å². The molecule has 0 fully saturated rings. The summed E-state index contributed by atoms with van der Waals surface area (Å²) in [5.74, 6) is -1.06. The Hall–Kier alpha value is -4.04. The van der Waals surface area contributed by atoms with Crippen LogP contribution in [0.15, 0.2) is 60.9 Å². The first-order chi connectivity index (χ1) is 15.9. The fourth-order valence-corrected chi connectivity index (χ4v) is 3.32. The fourth-order valence-electron chi connectivity index (χ4n) is 3.32. The summed E-state index contributed by atoms with van der Waals surface area (Å²) in [5, 5.41) is 21.4. The molecule has 8 heteroatoms. The van der Waals surface area contributed by atoms with Gasteiger partial charge in [-0.2, -0.15) is 0 Å². The largest absolute Gasteiger partial charge is 0.466 e. The van der Waals surface area contributed by atoms with Gasteiger partial charge in [0.1, 0.15) is 5.82 Å². The van der Waals surface area contributed by atoms with Crippen molar-refractivity contribution in [3.8, 4) is 11.1 Å². The lowest BCUT2D eigenvalue weighted by Crippen LogP contribution is -2.24. The summed E-state index contributed by atoms with van der Waals surface area (Å²) in [6.45, 7) is 0. The highest BCUT2D eigenvalue weighted by atomic mass is 19.1. The van der Waals surface area contributed by atoms with E-state index in [1.54, 1.807) is 44.6 Å². The van der Waals surface area contributed by atoms with Gasteiger partial charge in [-0.25, -0.2) is 9.18 Å². The number of ether oxygens (including phenoxy) is 1.